The first-order chi connectivity index (χ1) is 10.1. The summed E-state index contributed by atoms with van der Waals surface area (Å²) in [5, 5.41) is 1.50. The van der Waals surface area contributed by atoms with Gasteiger partial charge in [0.1, 0.15) is 6.04 Å². The highest BCUT2D eigenvalue weighted by atomic mass is 32.2. The molecule has 0 saturated heterocycles. The van der Waals surface area contributed by atoms with Crippen LogP contribution in [0.2, 0.25) is 0 Å². The minimum atomic E-state index is -3.73. The van der Waals surface area contributed by atoms with E-state index < -0.39 is 16.1 Å². The molecule has 0 spiro atoms. The predicted molar refractivity (Wildman–Crippen MR) is 86.6 cm³/mol. The van der Waals surface area contributed by atoms with Crippen LogP contribution in [0.3, 0.4) is 0 Å². The maximum Gasteiger partial charge on any atom is 0.252 e. The van der Waals surface area contributed by atoms with Crippen molar-refractivity contribution in [3.8, 4) is 0 Å². The van der Waals surface area contributed by atoms with Gasteiger partial charge in [-0.3, -0.25) is 10.2 Å². The topological polar surface area (TPSA) is 78.5 Å². The average molecular weight is 327 g/mol. The standard InChI is InChI=1S/C15H25N3O3S/c1-11(2)10-14(15(19)16-18(4)5)17-22(20,21)13-8-6-12(3)7-9-13/h6-9,11,14,17H,10H2,1-5H3,(H,16,19)/t14-/m1/s1. The third-order valence-electron chi connectivity index (χ3n) is 2.99. The molecule has 0 bridgehead atoms. The van der Waals surface area contributed by atoms with E-state index in [-0.39, 0.29) is 16.7 Å². The van der Waals surface area contributed by atoms with E-state index in [2.05, 4.69) is 10.1 Å². The Morgan fingerprint density at radius 3 is 2.18 bits per heavy atom. The number of hydrogen-bond acceptors (Lipinski definition) is 4. The second kappa shape index (κ2) is 7.71. The number of sulfonamides is 1. The molecule has 2 N–H and O–H groups in total. The Kier molecular flexibility index (Phi) is 6.52. The van der Waals surface area contributed by atoms with Crippen molar-refractivity contribution in [2.75, 3.05) is 14.1 Å². The Balaban J connectivity index is 2.96. The smallest absolute Gasteiger partial charge is 0.252 e. The van der Waals surface area contributed by atoms with E-state index in [1.54, 1.807) is 26.2 Å². The highest BCUT2D eigenvalue weighted by Gasteiger charge is 2.26. The maximum atomic E-state index is 12.4. The van der Waals surface area contributed by atoms with Crippen molar-refractivity contribution in [2.45, 2.75) is 38.1 Å². The minimum absolute atomic E-state index is 0.157. The molecule has 7 heteroatoms. The number of hydrazine groups is 1. The lowest BCUT2D eigenvalue weighted by Gasteiger charge is -2.22. The Hall–Kier alpha value is -1.44. The van der Waals surface area contributed by atoms with Gasteiger partial charge in [-0.05, 0) is 31.4 Å². The van der Waals surface area contributed by atoms with Crippen molar-refractivity contribution < 1.29 is 13.2 Å². The molecule has 0 unspecified atom stereocenters. The van der Waals surface area contributed by atoms with Crippen LogP contribution in [0.5, 0.6) is 0 Å². The lowest BCUT2D eigenvalue weighted by molar-refractivity contribution is -0.126. The Labute approximate surface area is 132 Å². The SMILES string of the molecule is Cc1ccc(S(=O)(=O)N[C@H](CC(C)C)C(=O)NN(C)C)cc1. The number of benzene rings is 1. The van der Waals surface area contributed by atoms with Crippen molar-refractivity contribution in [3.63, 3.8) is 0 Å². The number of aryl methyl sites for hydroxylation is 1. The number of carbonyl (C=O) groups is 1. The summed E-state index contributed by atoms with van der Waals surface area (Å²) in [6.45, 7) is 5.77. The van der Waals surface area contributed by atoms with Crippen molar-refractivity contribution in [3.05, 3.63) is 29.8 Å². The van der Waals surface area contributed by atoms with Crippen molar-refractivity contribution in [2.24, 2.45) is 5.92 Å². The van der Waals surface area contributed by atoms with Crippen LogP contribution in [-0.2, 0) is 14.8 Å². The Morgan fingerprint density at radius 1 is 1.18 bits per heavy atom. The molecule has 0 aliphatic heterocycles. The first-order valence-electron chi connectivity index (χ1n) is 7.18. The van der Waals surface area contributed by atoms with E-state index in [0.717, 1.165) is 5.56 Å². The monoisotopic (exact) mass is 327 g/mol. The molecule has 0 aromatic heterocycles. The molecule has 0 radical (unpaired) electrons. The van der Waals surface area contributed by atoms with Crippen LogP contribution < -0.4 is 10.1 Å². The van der Waals surface area contributed by atoms with Gasteiger partial charge in [0.2, 0.25) is 10.0 Å². The predicted octanol–water partition coefficient (Wildman–Crippen LogP) is 1.28. The number of nitrogens with one attached hydrogen (secondary N) is 2. The molecule has 6 nitrogen and oxygen atoms in total. The molecule has 124 valence electrons. The molecule has 0 aliphatic carbocycles. The molecule has 0 fully saturated rings. The van der Waals surface area contributed by atoms with Crippen molar-refractivity contribution in [1.29, 1.82) is 0 Å². The highest BCUT2D eigenvalue weighted by molar-refractivity contribution is 7.89. The molecular weight excluding hydrogens is 302 g/mol. The largest absolute Gasteiger partial charge is 0.288 e. The molecule has 1 aromatic carbocycles. The third-order valence-corrected chi connectivity index (χ3v) is 4.47. The number of rotatable bonds is 7. The fourth-order valence-electron chi connectivity index (χ4n) is 1.95. The molecular formula is C15H25N3O3S. The van der Waals surface area contributed by atoms with E-state index in [4.69, 9.17) is 0 Å². The van der Waals surface area contributed by atoms with Crippen LogP contribution in [0, 0.1) is 12.8 Å². The fraction of sp³-hybridized carbons (Fsp3) is 0.533. The third kappa shape index (κ3) is 5.75. The van der Waals surface area contributed by atoms with Crippen LogP contribution in [0.15, 0.2) is 29.2 Å². The minimum Gasteiger partial charge on any atom is -0.288 e. The first-order valence-corrected chi connectivity index (χ1v) is 8.67. The van der Waals surface area contributed by atoms with Gasteiger partial charge >= 0.3 is 0 Å². The molecule has 1 atom stereocenters. The van der Waals surface area contributed by atoms with Gasteiger partial charge in [0, 0.05) is 14.1 Å². The number of nitrogens with zero attached hydrogens (tertiary/aromatic N) is 1. The quantitative estimate of drug-likeness (QED) is 0.740. The van der Waals surface area contributed by atoms with Gasteiger partial charge in [-0.2, -0.15) is 4.72 Å². The van der Waals surface area contributed by atoms with Gasteiger partial charge in [0.25, 0.3) is 5.91 Å². The van der Waals surface area contributed by atoms with Gasteiger partial charge in [-0.1, -0.05) is 31.5 Å². The molecule has 0 saturated carbocycles. The summed E-state index contributed by atoms with van der Waals surface area (Å²) >= 11 is 0. The van der Waals surface area contributed by atoms with Gasteiger partial charge in [-0.15, -0.1) is 0 Å². The number of amides is 1. The van der Waals surface area contributed by atoms with E-state index in [9.17, 15) is 13.2 Å². The van der Waals surface area contributed by atoms with E-state index in [0.29, 0.717) is 6.42 Å². The molecule has 1 amide bonds. The molecule has 22 heavy (non-hydrogen) atoms. The van der Waals surface area contributed by atoms with Crippen molar-refractivity contribution >= 4 is 15.9 Å². The second-order valence-electron chi connectivity index (χ2n) is 5.99. The van der Waals surface area contributed by atoms with Crippen molar-refractivity contribution in [1.82, 2.24) is 15.2 Å². The summed E-state index contributed by atoms with van der Waals surface area (Å²) in [4.78, 5) is 12.3. The number of carbonyl (C=O) groups excluding carboxylic acids is 1. The second-order valence-corrected chi connectivity index (χ2v) is 7.70. The van der Waals surface area contributed by atoms with Gasteiger partial charge in [0.05, 0.1) is 4.90 Å². The fourth-order valence-corrected chi connectivity index (χ4v) is 3.16. The number of hydrogen-bond donors (Lipinski definition) is 2. The summed E-state index contributed by atoms with van der Waals surface area (Å²) in [5.41, 5.74) is 3.57. The van der Waals surface area contributed by atoms with Gasteiger partial charge < -0.3 is 0 Å². The normalized spacial score (nSPS) is 13.4. The maximum absolute atomic E-state index is 12.4. The zero-order valence-electron chi connectivity index (χ0n) is 13.8. The van der Waals surface area contributed by atoms with Crippen LogP contribution in [0.4, 0.5) is 0 Å². The Bertz CT molecular complexity index is 595. The van der Waals surface area contributed by atoms with Crippen LogP contribution in [0.25, 0.3) is 0 Å². The molecule has 0 heterocycles. The average Bonchev–Trinajstić information content (AvgIpc) is 2.36. The molecule has 0 aliphatic rings. The van der Waals surface area contributed by atoms with Crippen LogP contribution in [0.1, 0.15) is 25.8 Å². The summed E-state index contributed by atoms with van der Waals surface area (Å²) in [6, 6.07) is 5.72. The summed E-state index contributed by atoms with van der Waals surface area (Å²) < 4.78 is 27.3. The highest BCUT2D eigenvalue weighted by Crippen LogP contribution is 2.13. The first kappa shape index (κ1) is 18.6. The lowest BCUT2D eigenvalue weighted by atomic mass is 10.0. The summed E-state index contributed by atoms with van der Waals surface area (Å²) in [7, 11) is -0.373. The van der Waals surface area contributed by atoms with E-state index in [1.807, 2.05) is 20.8 Å². The summed E-state index contributed by atoms with van der Waals surface area (Å²) in [5.74, 6) is -0.187. The zero-order chi connectivity index (χ0) is 16.9. The molecule has 1 rings (SSSR count). The van der Waals surface area contributed by atoms with E-state index >= 15 is 0 Å². The van der Waals surface area contributed by atoms with Gasteiger partial charge in [-0.25, -0.2) is 13.4 Å². The Morgan fingerprint density at radius 2 is 1.73 bits per heavy atom. The van der Waals surface area contributed by atoms with Crippen LogP contribution in [-0.4, -0.2) is 39.5 Å². The molecule has 1 aromatic rings. The van der Waals surface area contributed by atoms with Gasteiger partial charge in [0.15, 0.2) is 0 Å². The van der Waals surface area contributed by atoms with E-state index in [1.165, 1.54) is 17.1 Å². The lowest BCUT2D eigenvalue weighted by Crippen LogP contribution is -2.50. The zero-order valence-corrected chi connectivity index (χ0v) is 14.6. The van der Waals surface area contributed by atoms with Crippen LogP contribution >= 0.6 is 0 Å². The summed E-state index contributed by atoms with van der Waals surface area (Å²) in [6.07, 6.45) is 0.421.